The largest absolute Gasteiger partial charge is 0.487 e. The summed E-state index contributed by atoms with van der Waals surface area (Å²) in [6.45, 7) is 1.89. The quantitative estimate of drug-likeness (QED) is 0.170. The van der Waals surface area contributed by atoms with Gasteiger partial charge in [0.05, 0.1) is 21.5 Å². The lowest BCUT2D eigenvalue weighted by atomic mass is 10.0. The van der Waals surface area contributed by atoms with Gasteiger partial charge in [0.2, 0.25) is 0 Å². The molecule has 8 nitrogen and oxygen atoms in total. The van der Waals surface area contributed by atoms with E-state index in [9.17, 15) is 31.2 Å². The number of rotatable bonds is 10. The van der Waals surface area contributed by atoms with E-state index in [0.717, 1.165) is 34.6 Å². The molecule has 0 saturated carbocycles. The molecule has 2 aromatic heterocycles. The number of ether oxygens (including phenoxy) is 1. The van der Waals surface area contributed by atoms with E-state index in [0.29, 0.717) is 22.4 Å². The summed E-state index contributed by atoms with van der Waals surface area (Å²) in [7, 11) is -4.17. The molecule has 0 radical (unpaired) electrons. The highest BCUT2D eigenvalue weighted by atomic mass is 32.2. The predicted molar refractivity (Wildman–Crippen MR) is 167 cm³/mol. The Morgan fingerprint density at radius 3 is 2.35 bits per heavy atom. The molecule has 0 bridgehead atoms. The summed E-state index contributed by atoms with van der Waals surface area (Å²) in [6.07, 6.45) is -3.11. The molecule has 0 aliphatic rings. The van der Waals surface area contributed by atoms with Crippen LogP contribution in [0.4, 0.5) is 13.2 Å². The fraction of sp³-hybridized carbons (Fsp3) is 0.121. The van der Waals surface area contributed by atoms with E-state index >= 15 is 0 Å². The lowest BCUT2D eigenvalue weighted by Gasteiger charge is -2.13. The van der Waals surface area contributed by atoms with Crippen LogP contribution in [-0.2, 0) is 29.4 Å². The monoisotopic (exact) mass is 665 g/mol. The number of hydrogen-bond acceptors (Lipinski definition) is 7. The Kier molecular flexibility index (Phi) is 9.54. The van der Waals surface area contributed by atoms with Crippen LogP contribution in [0.3, 0.4) is 0 Å². The molecule has 0 spiro atoms. The molecular formula is C33H26F3N3O5S2. The van der Waals surface area contributed by atoms with Crippen LogP contribution in [0, 0.1) is 6.92 Å². The van der Waals surface area contributed by atoms with Gasteiger partial charge in [-0.1, -0.05) is 60.2 Å². The number of benzene rings is 3. The second kappa shape index (κ2) is 13.5. The van der Waals surface area contributed by atoms with Gasteiger partial charge in [-0.3, -0.25) is 9.59 Å². The third-order valence-electron chi connectivity index (χ3n) is 6.74. The molecule has 0 unspecified atom stereocenters. The number of nitrogens with zero attached hydrogens (tertiary/aromatic N) is 1. The summed E-state index contributed by atoms with van der Waals surface area (Å²) in [6, 6.07) is 22.8. The van der Waals surface area contributed by atoms with Gasteiger partial charge >= 0.3 is 6.18 Å². The predicted octanol–water partition coefficient (Wildman–Crippen LogP) is 6.77. The van der Waals surface area contributed by atoms with Crippen LogP contribution in [0.1, 0.15) is 42.4 Å². The van der Waals surface area contributed by atoms with Crippen molar-refractivity contribution < 1.29 is 35.9 Å². The van der Waals surface area contributed by atoms with Crippen molar-refractivity contribution in [3.05, 3.63) is 135 Å². The lowest BCUT2D eigenvalue weighted by Crippen LogP contribution is -2.30. The number of hydrogen-bond donors (Lipinski definition) is 2. The standard InChI is InChI=1S/C33H26F3N3O5S2/c1-21-7-14-30(46(42,43)39-32(41)29-6-3-15-45-29)27(16-21)24-10-8-22(9-11-24)20-44-26-12-13-28(37-19-26)31(40)38-18-23-4-2-5-25(17-23)33(34,35)36/h2-17,19H,18,20H2,1H3,(H,38,40)(H,39,41). The van der Waals surface area contributed by atoms with Gasteiger partial charge in [0.1, 0.15) is 18.1 Å². The number of thiophene rings is 1. The van der Waals surface area contributed by atoms with Gasteiger partial charge in [0.15, 0.2) is 0 Å². The Labute approximate surface area is 267 Å². The molecule has 5 rings (SSSR count). The number of sulfonamides is 1. The van der Waals surface area contributed by atoms with Crippen LogP contribution in [0.5, 0.6) is 5.75 Å². The third kappa shape index (κ3) is 7.98. The Hall–Kier alpha value is -5.01. The maximum atomic E-state index is 13.2. The molecule has 46 heavy (non-hydrogen) atoms. The van der Waals surface area contributed by atoms with Gasteiger partial charge in [0.25, 0.3) is 21.8 Å². The first-order valence-electron chi connectivity index (χ1n) is 13.7. The van der Waals surface area contributed by atoms with Crippen molar-refractivity contribution in [2.24, 2.45) is 0 Å². The van der Waals surface area contributed by atoms with Gasteiger partial charge in [-0.25, -0.2) is 18.1 Å². The molecule has 0 aliphatic carbocycles. The molecule has 5 aromatic rings. The van der Waals surface area contributed by atoms with Crippen molar-refractivity contribution in [1.82, 2.24) is 15.0 Å². The number of pyridine rings is 1. The molecule has 2 heterocycles. The minimum atomic E-state index is -4.47. The zero-order chi connectivity index (χ0) is 32.9. The van der Waals surface area contributed by atoms with Gasteiger partial charge in [-0.2, -0.15) is 13.2 Å². The van der Waals surface area contributed by atoms with Crippen molar-refractivity contribution in [1.29, 1.82) is 0 Å². The van der Waals surface area contributed by atoms with Gasteiger partial charge in [-0.15, -0.1) is 11.3 Å². The van der Waals surface area contributed by atoms with Crippen LogP contribution in [0.25, 0.3) is 11.1 Å². The molecule has 0 saturated heterocycles. The molecule has 0 aliphatic heterocycles. The van der Waals surface area contributed by atoms with Crippen LogP contribution in [0.15, 0.2) is 107 Å². The maximum Gasteiger partial charge on any atom is 0.416 e. The lowest BCUT2D eigenvalue weighted by molar-refractivity contribution is -0.137. The Balaban J connectivity index is 1.20. The summed E-state index contributed by atoms with van der Waals surface area (Å²) in [5.74, 6) is -0.873. The molecule has 0 fully saturated rings. The number of carbonyl (C=O) groups excluding carboxylic acids is 2. The van der Waals surface area contributed by atoms with Crippen LogP contribution in [0.2, 0.25) is 0 Å². The fourth-order valence-electron chi connectivity index (χ4n) is 4.42. The summed E-state index contributed by atoms with van der Waals surface area (Å²) in [5.41, 5.74) is 2.25. The Morgan fingerprint density at radius 1 is 0.891 bits per heavy atom. The second-order valence-corrected chi connectivity index (χ2v) is 12.8. The van der Waals surface area contributed by atoms with E-state index in [1.807, 2.05) is 6.92 Å². The van der Waals surface area contributed by atoms with E-state index in [-0.39, 0.29) is 28.6 Å². The normalized spacial score (nSPS) is 11.6. The summed E-state index contributed by atoms with van der Waals surface area (Å²) in [5, 5.41) is 4.24. The number of aryl methyl sites for hydroxylation is 1. The van der Waals surface area contributed by atoms with E-state index in [1.165, 1.54) is 30.5 Å². The van der Waals surface area contributed by atoms with Crippen LogP contribution < -0.4 is 14.8 Å². The van der Waals surface area contributed by atoms with Crippen molar-refractivity contribution >= 4 is 33.2 Å². The Morgan fingerprint density at radius 2 is 1.67 bits per heavy atom. The summed E-state index contributed by atoms with van der Waals surface area (Å²) >= 11 is 1.14. The van der Waals surface area contributed by atoms with E-state index in [1.54, 1.807) is 60.0 Å². The summed E-state index contributed by atoms with van der Waals surface area (Å²) in [4.78, 5) is 29.3. The molecule has 13 heteroatoms. The van der Waals surface area contributed by atoms with Crippen molar-refractivity contribution in [3.63, 3.8) is 0 Å². The summed E-state index contributed by atoms with van der Waals surface area (Å²) < 4.78 is 73.0. The van der Waals surface area contributed by atoms with E-state index < -0.39 is 33.6 Å². The molecule has 2 N–H and O–H groups in total. The van der Waals surface area contributed by atoms with E-state index in [4.69, 9.17) is 4.74 Å². The minimum Gasteiger partial charge on any atom is -0.487 e. The zero-order valence-electron chi connectivity index (χ0n) is 24.2. The third-order valence-corrected chi connectivity index (χ3v) is 9.00. The number of halogens is 3. The van der Waals surface area contributed by atoms with Gasteiger partial charge in [-0.05, 0) is 65.4 Å². The number of carbonyl (C=O) groups is 2. The second-order valence-electron chi connectivity index (χ2n) is 10.2. The first kappa shape index (κ1) is 32.4. The highest BCUT2D eigenvalue weighted by Crippen LogP contribution is 2.30. The number of aromatic nitrogens is 1. The average Bonchev–Trinajstić information content (AvgIpc) is 3.58. The SMILES string of the molecule is Cc1ccc(S(=O)(=O)NC(=O)c2cccs2)c(-c2ccc(COc3ccc(C(=O)NCc4cccc(C(F)(F)F)c4)nc3)cc2)c1. The van der Waals surface area contributed by atoms with Gasteiger partial charge in [0, 0.05) is 12.1 Å². The average molecular weight is 666 g/mol. The maximum absolute atomic E-state index is 13.2. The zero-order valence-corrected chi connectivity index (χ0v) is 25.8. The van der Waals surface area contributed by atoms with Crippen molar-refractivity contribution in [2.45, 2.75) is 31.1 Å². The topological polar surface area (TPSA) is 114 Å². The molecule has 236 valence electrons. The van der Waals surface area contributed by atoms with E-state index in [2.05, 4.69) is 15.0 Å². The first-order valence-corrected chi connectivity index (χ1v) is 16.1. The van der Waals surface area contributed by atoms with Crippen molar-refractivity contribution in [3.8, 4) is 16.9 Å². The van der Waals surface area contributed by atoms with Crippen LogP contribution in [-0.4, -0.2) is 25.2 Å². The van der Waals surface area contributed by atoms with Crippen molar-refractivity contribution in [2.75, 3.05) is 0 Å². The molecule has 3 aromatic carbocycles. The smallest absolute Gasteiger partial charge is 0.416 e. The molecular weight excluding hydrogens is 640 g/mol. The number of nitrogens with one attached hydrogen (secondary N) is 2. The Bertz CT molecular complexity index is 1960. The molecule has 2 amide bonds. The highest BCUT2D eigenvalue weighted by Gasteiger charge is 2.30. The minimum absolute atomic E-state index is 0.0305. The number of alkyl halides is 3. The number of amides is 2. The first-order chi connectivity index (χ1) is 21.9. The van der Waals surface area contributed by atoms with Gasteiger partial charge < -0.3 is 10.1 Å². The molecule has 0 atom stereocenters. The fourth-order valence-corrected chi connectivity index (χ4v) is 6.28. The highest BCUT2D eigenvalue weighted by molar-refractivity contribution is 7.90. The van der Waals surface area contributed by atoms with Crippen LogP contribution >= 0.6 is 11.3 Å².